The molecule has 4 heteroatoms. The van der Waals surface area contributed by atoms with Crippen LogP contribution in [-0.4, -0.2) is 22.0 Å². The highest BCUT2D eigenvalue weighted by Gasteiger charge is 2.12. The Kier molecular flexibility index (Phi) is 8.17. The first-order valence-corrected chi connectivity index (χ1v) is 7.73. The van der Waals surface area contributed by atoms with Crippen molar-refractivity contribution >= 4 is 11.7 Å². The van der Waals surface area contributed by atoms with Crippen molar-refractivity contribution in [3.8, 4) is 0 Å². The summed E-state index contributed by atoms with van der Waals surface area (Å²) in [5.41, 5.74) is 1.29. The van der Waals surface area contributed by atoms with Gasteiger partial charge < -0.3 is 10.3 Å². The van der Waals surface area contributed by atoms with Gasteiger partial charge in [-0.2, -0.15) is 0 Å². The molecule has 21 heavy (non-hydrogen) atoms. The SMILES string of the molecule is CCCCCCCCCc1ccc(C(=NO)C(=O)O)cc1. The maximum absolute atomic E-state index is 10.8. The molecule has 0 aliphatic carbocycles. The van der Waals surface area contributed by atoms with E-state index in [0.717, 1.165) is 12.8 Å². The van der Waals surface area contributed by atoms with Crippen LogP contribution in [0.1, 0.15) is 63.0 Å². The topological polar surface area (TPSA) is 69.9 Å². The fourth-order valence-electron chi connectivity index (χ4n) is 2.34. The Bertz CT molecular complexity index is 452. The van der Waals surface area contributed by atoms with Crippen molar-refractivity contribution in [3.63, 3.8) is 0 Å². The van der Waals surface area contributed by atoms with E-state index in [2.05, 4.69) is 12.1 Å². The monoisotopic (exact) mass is 291 g/mol. The lowest BCUT2D eigenvalue weighted by Gasteiger charge is -2.04. The number of carbonyl (C=O) groups is 1. The highest BCUT2D eigenvalue weighted by Crippen LogP contribution is 2.12. The standard InChI is InChI=1S/C17H25NO3/c1-2-3-4-5-6-7-8-9-14-10-12-15(13-11-14)16(18-21)17(19)20/h10-13,21H,2-9H2,1H3,(H,19,20). The second kappa shape index (κ2) is 9.97. The lowest BCUT2D eigenvalue weighted by molar-refractivity contribution is -0.129. The van der Waals surface area contributed by atoms with E-state index >= 15 is 0 Å². The van der Waals surface area contributed by atoms with Crippen molar-refractivity contribution in [1.29, 1.82) is 0 Å². The largest absolute Gasteiger partial charge is 0.476 e. The Balaban J connectivity index is 2.33. The number of nitrogens with zero attached hydrogens (tertiary/aromatic N) is 1. The lowest BCUT2D eigenvalue weighted by atomic mass is 10.0. The van der Waals surface area contributed by atoms with Crippen LogP contribution in [0.4, 0.5) is 0 Å². The highest BCUT2D eigenvalue weighted by molar-refractivity contribution is 6.42. The van der Waals surface area contributed by atoms with Gasteiger partial charge in [-0.3, -0.25) is 0 Å². The second-order valence-corrected chi connectivity index (χ2v) is 5.32. The zero-order valence-corrected chi connectivity index (χ0v) is 12.7. The number of hydrogen-bond acceptors (Lipinski definition) is 3. The van der Waals surface area contributed by atoms with Crippen LogP contribution in [0, 0.1) is 0 Å². The van der Waals surface area contributed by atoms with Crippen LogP contribution in [0.2, 0.25) is 0 Å². The van der Waals surface area contributed by atoms with E-state index in [1.54, 1.807) is 12.1 Å². The van der Waals surface area contributed by atoms with Crippen molar-refractivity contribution in [2.45, 2.75) is 58.3 Å². The van der Waals surface area contributed by atoms with Gasteiger partial charge >= 0.3 is 5.97 Å². The lowest BCUT2D eigenvalue weighted by Crippen LogP contribution is -2.14. The van der Waals surface area contributed by atoms with Gasteiger partial charge in [-0.15, -0.1) is 0 Å². The van der Waals surface area contributed by atoms with E-state index in [4.69, 9.17) is 10.3 Å². The molecule has 0 fully saturated rings. The van der Waals surface area contributed by atoms with E-state index in [1.807, 2.05) is 12.1 Å². The smallest absolute Gasteiger partial charge is 0.358 e. The molecule has 0 aliphatic rings. The van der Waals surface area contributed by atoms with Crippen molar-refractivity contribution in [2.75, 3.05) is 0 Å². The molecule has 1 aromatic rings. The molecule has 2 N–H and O–H groups in total. The fraction of sp³-hybridized carbons (Fsp3) is 0.529. The van der Waals surface area contributed by atoms with Crippen molar-refractivity contribution in [3.05, 3.63) is 35.4 Å². The summed E-state index contributed by atoms with van der Waals surface area (Å²) in [5.74, 6) is -1.22. The molecule has 0 aromatic heterocycles. The zero-order chi connectivity index (χ0) is 15.5. The van der Waals surface area contributed by atoms with Crippen LogP contribution in [0.5, 0.6) is 0 Å². The number of rotatable bonds is 10. The molecule has 1 aromatic carbocycles. The van der Waals surface area contributed by atoms with E-state index in [9.17, 15) is 4.79 Å². The third kappa shape index (κ3) is 6.43. The summed E-state index contributed by atoms with van der Waals surface area (Å²) in [6.07, 6.45) is 9.97. The number of hydrogen-bond donors (Lipinski definition) is 2. The Labute approximate surface area is 126 Å². The molecule has 0 spiro atoms. The average Bonchev–Trinajstić information content (AvgIpc) is 2.48. The molecule has 0 saturated carbocycles. The predicted molar refractivity (Wildman–Crippen MR) is 84.1 cm³/mol. The Morgan fingerprint density at radius 1 is 1.00 bits per heavy atom. The zero-order valence-electron chi connectivity index (χ0n) is 12.7. The number of unbranched alkanes of at least 4 members (excludes halogenated alkanes) is 6. The molecular formula is C17H25NO3. The van der Waals surface area contributed by atoms with Gasteiger partial charge in [0.25, 0.3) is 0 Å². The molecule has 0 unspecified atom stereocenters. The van der Waals surface area contributed by atoms with Gasteiger partial charge in [-0.1, -0.05) is 74.9 Å². The minimum Gasteiger partial charge on any atom is -0.476 e. The van der Waals surface area contributed by atoms with Crippen LogP contribution in [0.25, 0.3) is 0 Å². The Morgan fingerprint density at radius 3 is 2.10 bits per heavy atom. The molecule has 0 bridgehead atoms. The molecule has 0 saturated heterocycles. The summed E-state index contributed by atoms with van der Waals surface area (Å²) in [7, 11) is 0. The van der Waals surface area contributed by atoms with E-state index in [-0.39, 0.29) is 5.71 Å². The third-order valence-electron chi connectivity index (χ3n) is 3.60. The van der Waals surface area contributed by atoms with Gasteiger partial charge in [0.05, 0.1) is 0 Å². The van der Waals surface area contributed by atoms with Gasteiger partial charge in [0.15, 0.2) is 5.71 Å². The molecule has 0 amide bonds. The number of oxime groups is 1. The normalized spacial score (nSPS) is 11.6. The molecule has 0 radical (unpaired) electrons. The maximum atomic E-state index is 10.8. The van der Waals surface area contributed by atoms with Crippen LogP contribution < -0.4 is 0 Å². The first kappa shape index (κ1) is 17.2. The molecule has 0 aliphatic heterocycles. The van der Waals surface area contributed by atoms with E-state index in [0.29, 0.717) is 5.56 Å². The Hall–Kier alpha value is -1.84. The number of carboxylic acids is 1. The van der Waals surface area contributed by atoms with Crippen molar-refractivity contribution < 1.29 is 15.1 Å². The highest BCUT2D eigenvalue weighted by atomic mass is 16.4. The molecule has 116 valence electrons. The van der Waals surface area contributed by atoms with Gasteiger partial charge in [0.2, 0.25) is 0 Å². The number of aliphatic carboxylic acids is 1. The van der Waals surface area contributed by atoms with Gasteiger partial charge in [0.1, 0.15) is 0 Å². The summed E-state index contributed by atoms with van der Waals surface area (Å²) in [6.45, 7) is 2.22. The number of benzene rings is 1. The molecular weight excluding hydrogens is 266 g/mol. The Morgan fingerprint density at radius 2 is 1.57 bits per heavy atom. The summed E-state index contributed by atoms with van der Waals surface area (Å²) in [4.78, 5) is 10.8. The summed E-state index contributed by atoms with van der Waals surface area (Å²) >= 11 is 0. The van der Waals surface area contributed by atoms with E-state index in [1.165, 1.54) is 44.1 Å². The number of aryl methyl sites for hydroxylation is 1. The quantitative estimate of drug-likeness (QED) is 0.293. The minimum atomic E-state index is -1.22. The van der Waals surface area contributed by atoms with E-state index < -0.39 is 5.97 Å². The number of carboxylic acid groups (broad SMARTS) is 1. The van der Waals surface area contributed by atoms with Crippen molar-refractivity contribution in [2.24, 2.45) is 5.16 Å². The molecule has 1 rings (SSSR count). The minimum absolute atomic E-state index is 0.322. The van der Waals surface area contributed by atoms with Gasteiger partial charge in [0, 0.05) is 5.56 Å². The van der Waals surface area contributed by atoms with Crippen molar-refractivity contribution in [1.82, 2.24) is 0 Å². The second-order valence-electron chi connectivity index (χ2n) is 5.32. The fourth-order valence-corrected chi connectivity index (χ4v) is 2.34. The van der Waals surface area contributed by atoms with Crippen LogP contribution in [0.15, 0.2) is 29.4 Å². The predicted octanol–water partition coefficient (Wildman–Crippen LogP) is 4.24. The maximum Gasteiger partial charge on any atom is 0.358 e. The van der Waals surface area contributed by atoms with Gasteiger partial charge in [-0.25, -0.2) is 4.79 Å². The molecule has 0 heterocycles. The molecule has 0 atom stereocenters. The molecule has 4 nitrogen and oxygen atoms in total. The summed E-state index contributed by atoms with van der Waals surface area (Å²) in [6, 6.07) is 7.20. The first-order valence-electron chi connectivity index (χ1n) is 7.73. The third-order valence-corrected chi connectivity index (χ3v) is 3.60. The average molecular weight is 291 g/mol. The van der Waals surface area contributed by atoms with Crippen LogP contribution >= 0.6 is 0 Å². The summed E-state index contributed by atoms with van der Waals surface area (Å²) < 4.78 is 0. The van der Waals surface area contributed by atoms with Crippen LogP contribution in [-0.2, 0) is 11.2 Å². The summed E-state index contributed by atoms with van der Waals surface area (Å²) in [5, 5.41) is 20.4. The van der Waals surface area contributed by atoms with Gasteiger partial charge in [-0.05, 0) is 18.4 Å². The van der Waals surface area contributed by atoms with Crippen LogP contribution in [0.3, 0.4) is 0 Å². The first-order chi connectivity index (χ1) is 10.2.